The molecule has 1 saturated heterocycles. The van der Waals surface area contributed by atoms with Crippen LogP contribution in [0.5, 0.6) is 0 Å². The van der Waals surface area contributed by atoms with Crippen molar-refractivity contribution in [2.75, 3.05) is 19.7 Å². The van der Waals surface area contributed by atoms with Gasteiger partial charge in [0.2, 0.25) is 17.7 Å². The minimum Gasteiger partial charge on any atom is -0.465 e. The molecule has 3 N–H and O–H groups in total. The number of esters is 1. The summed E-state index contributed by atoms with van der Waals surface area (Å²) >= 11 is 0. The Bertz CT molecular complexity index is 1140. The van der Waals surface area contributed by atoms with Gasteiger partial charge in [0, 0.05) is 18.5 Å². The van der Waals surface area contributed by atoms with E-state index in [0.29, 0.717) is 6.42 Å². The second-order valence-corrected chi connectivity index (χ2v) is 10.4. The van der Waals surface area contributed by atoms with Gasteiger partial charge in [-0.05, 0) is 43.7 Å². The van der Waals surface area contributed by atoms with Crippen LogP contribution in [0, 0.1) is 11.8 Å². The number of carbonyl (C=O) groups excluding carboxylic acids is 6. The highest BCUT2D eigenvalue weighted by Gasteiger charge is 2.47. The van der Waals surface area contributed by atoms with E-state index in [1.165, 1.54) is 32.9 Å². The van der Waals surface area contributed by atoms with E-state index in [4.69, 9.17) is 4.74 Å². The molecule has 0 radical (unpaired) electrons. The zero-order valence-electron chi connectivity index (χ0n) is 24.0. The van der Waals surface area contributed by atoms with Crippen molar-refractivity contribution in [2.45, 2.75) is 71.3 Å². The number of ether oxygens (including phenoxy) is 1. The number of alkyl halides is 3. The molecule has 1 aliphatic rings. The van der Waals surface area contributed by atoms with E-state index in [0.717, 1.165) is 4.90 Å². The van der Waals surface area contributed by atoms with Gasteiger partial charge >= 0.3 is 12.1 Å². The molecule has 1 fully saturated rings. The van der Waals surface area contributed by atoms with Gasteiger partial charge < -0.3 is 25.6 Å². The Hall–Kier alpha value is -3.97. The maximum absolute atomic E-state index is 13.8. The molecule has 42 heavy (non-hydrogen) atoms. The highest BCUT2D eigenvalue weighted by atomic mass is 19.4. The van der Waals surface area contributed by atoms with Crippen LogP contribution in [-0.4, -0.2) is 84.3 Å². The summed E-state index contributed by atoms with van der Waals surface area (Å²) in [7, 11) is 0. The van der Waals surface area contributed by atoms with Gasteiger partial charge in [-0.1, -0.05) is 39.0 Å². The van der Waals surface area contributed by atoms with E-state index in [1.54, 1.807) is 25.1 Å². The summed E-state index contributed by atoms with van der Waals surface area (Å²) in [6.07, 6.45) is -4.98. The van der Waals surface area contributed by atoms with Gasteiger partial charge in [0.05, 0.1) is 12.6 Å². The number of ketones is 1. The molecule has 0 aliphatic carbocycles. The van der Waals surface area contributed by atoms with E-state index in [1.807, 2.05) is 0 Å². The Morgan fingerprint density at radius 1 is 1.00 bits per heavy atom. The van der Waals surface area contributed by atoms with E-state index < -0.39 is 78.1 Å². The third-order valence-electron chi connectivity index (χ3n) is 6.77. The molecule has 2 rings (SSSR count). The first kappa shape index (κ1) is 34.2. The van der Waals surface area contributed by atoms with Crippen LogP contribution in [0.15, 0.2) is 30.3 Å². The summed E-state index contributed by atoms with van der Waals surface area (Å²) in [5, 5.41) is 7.17. The number of hydrogen-bond acceptors (Lipinski definition) is 7. The summed E-state index contributed by atoms with van der Waals surface area (Å²) < 4.78 is 44.1. The van der Waals surface area contributed by atoms with E-state index in [-0.39, 0.29) is 31.6 Å². The Balaban J connectivity index is 2.26. The molecule has 0 aromatic heterocycles. The highest BCUT2D eigenvalue weighted by molar-refractivity contribution is 5.99. The number of amides is 4. The fraction of sp³-hybridized carbons (Fsp3) is 0.571. The molecule has 1 aromatic rings. The van der Waals surface area contributed by atoms with Crippen molar-refractivity contribution in [3.05, 3.63) is 35.9 Å². The quantitative estimate of drug-likeness (QED) is 0.293. The molecule has 232 valence electrons. The van der Waals surface area contributed by atoms with Gasteiger partial charge in [0.25, 0.3) is 11.7 Å². The summed E-state index contributed by atoms with van der Waals surface area (Å²) in [4.78, 5) is 77.1. The van der Waals surface area contributed by atoms with E-state index >= 15 is 0 Å². The summed E-state index contributed by atoms with van der Waals surface area (Å²) in [5.74, 6) is -7.31. The minimum atomic E-state index is -5.16. The predicted molar refractivity (Wildman–Crippen MR) is 144 cm³/mol. The van der Waals surface area contributed by atoms with Crippen LogP contribution < -0.4 is 16.0 Å². The monoisotopic (exact) mass is 598 g/mol. The molecule has 1 aromatic carbocycles. The number of benzene rings is 1. The molecule has 0 bridgehead atoms. The fourth-order valence-electron chi connectivity index (χ4n) is 4.57. The first-order valence-electron chi connectivity index (χ1n) is 13.7. The highest BCUT2D eigenvalue weighted by Crippen LogP contribution is 2.24. The molecule has 0 saturated carbocycles. The Morgan fingerprint density at radius 3 is 2.21 bits per heavy atom. The lowest BCUT2D eigenvalue weighted by molar-refractivity contribution is -0.175. The van der Waals surface area contributed by atoms with E-state index in [9.17, 15) is 41.9 Å². The SMILES string of the molecule is CCOC(=O)CNC(=O)CC(C)[C@H](NC(=O)c1ccccc1)C(=O)N1CCC[C@H]1C(=O)NC(C(=O)C(F)(F)F)C(C)C. The number of rotatable bonds is 13. The molecular weight excluding hydrogens is 561 g/mol. The summed E-state index contributed by atoms with van der Waals surface area (Å²) in [6, 6.07) is 3.62. The third-order valence-corrected chi connectivity index (χ3v) is 6.77. The average molecular weight is 599 g/mol. The van der Waals surface area contributed by atoms with Crippen molar-refractivity contribution in [3.63, 3.8) is 0 Å². The molecule has 4 atom stereocenters. The Morgan fingerprint density at radius 2 is 1.64 bits per heavy atom. The number of nitrogens with zero attached hydrogens (tertiary/aromatic N) is 1. The normalized spacial score (nSPS) is 17.1. The van der Waals surface area contributed by atoms with Crippen LogP contribution in [0.3, 0.4) is 0 Å². The molecule has 1 heterocycles. The zero-order chi connectivity index (χ0) is 31.6. The zero-order valence-corrected chi connectivity index (χ0v) is 24.0. The largest absolute Gasteiger partial charge is 0.465 e. The smallest absolute Gasteiger partial charge is 0.452 e. The van der Waals surface area contributed by atoms with Crippen LogP contribution in [0.1, 0.15) is 57.3 Å². The van der Waals surface area contributed by atoms with Gasteiger partial charge in [0.1, 0.15) is 18.6 Å². The van der Waals surface area contributed by atoms with Gasteiger partial charge in [-0.3, -0.25) is 28.8 Å². The molecule has 2 unspecified atom stereocenters. The number of likely N-dealkylation sites (tertiary alicyclic amines) is 1. The molecule has 4 amide bonds. The molecule has 14 heteroatoms. The second kappa shape index (κ2) is 15.3. The second-order valence-electron chi connectivity index (χ2n) is 10.4. The standard InChI is InChI=1S/C28H37F3N4O7/c1-5-42-21(37)15-32-20(36)14-17(4)23(34-25(39)18-10-7-6-8-11-18)27(41)35-13-9-12-19(35)26(40)33-22(16(2)3)24(38)28(29,30)31/h6-8,10-11,16-17,19,22-23H,5,9,12-15H2,1-4H3,(H,32,36)(H,33,40)(H,34,39)/t17?,19-,22?,23-/m0/s1. The fourth-order valence-corrected chi connectivity index (χ4v) is 4.57. The van der Waals surface area contributed by atoms with Crippen molar-refractivity contribution in [1.82, 2.24) is 20.9 Å². The molecular formula is C28H37F3N4O7. The van der Waals surface area contributed by atoms with Crippen molar-refractivity contribution < 1.29 is 46.7 Å². The molecule has 1 aliphatic heterocycles. The number of hydrogen-bond donors (Lipinski definition) is 3. The van der Waals surface area contributed by atoms with Crippen molar-refractivity contribution in [2.24, 2.45) is 11.8 Å². The van der Waals surface area contributed by atoms with E-state index in [2.05, 4.69) is 16.0 Å². The molecule has 0 spiro atoms. The van der Waals surface area contributed by atoms with Gasteiger partial charge in [0.15, 0.2) is 0 Å². The average Bonchev–Trinajstić information content (AvgIpc) is 3.43. The van der Waals surface area contributed by atoms with Crippen LogP contribution in [0.25, 0.3) is 0 Å². The maximum Gasteiger partial charge on any atom is 0.452 e. The topological polar surface area (TPSA) is 151 Å². The first-order chi connectivity index (χ1) is 19.7. The molecule has 11 nitrogen and oxygen atoms in total. The summed E-state index contributed by atoms with van der Waals surface area (Å²) in [6.45, 7) is 5.65. The van der Waals surface area contributed by atoms with Crippen molar-refractivity contribution >= 4 is 35.4 Å². The number of halogens is 3. The van der Waals surface area contributed by atoms with Gasteiger partial charge in [-0.15, -0.1) is 0 Å². The lowest BCUT2D eigenvalue weighted by Crippen LogP contribution is -2.58. The Labute approximate surface area is 241 Å². The lowest BCUT2D eigenvalue weighted by Gasteiger charge is -2.32. The van der Waals surface area contributed by atoms with Gasteiger partial charge in [-0.2, -0.15) is 13.2 Å². The number of nitrogens with one attached hydrogen (secondary N) is 3. The van der Waals surface area contributed by atoms with Gasteiger partial charge in [-0.25, -0.2) is 0 Å². The third kappa shape index (κ3) is 9.55. The predicted octanol–water partition coefficient (Wildman–Crippen LogP) is 1.75. The Kier molecular flexibility index (Phi) is 12.5. The van der Waals surface area contributed by atoms with Crippen LogP contribution in [-0.2, 0) is 28.7 Å². The number of Topliss-reactive ketones (excluding diaryl/α,β-unsaturated/α-hetero) is 1. The minimum absolute atomic E-state index is 0.0654. The van der Waals surface area contributed by atoms with Crippen LogP contribution in [0.2, 0.25) is 0 Å². The van der Waals surface area contributed by atoms with Crippen LogP contribution >= 0.6 is 0 Å². The summed E-state index contributed by atoms with van der Waals surface area (Å²) in [5.41, 5.74) is 0.232. The lowest BCUT2D eigenvalue weighted by atomic mass is 9.95. The maximum atomic E-state index is 13.8. The van der Waals surface area contributed by atoms with Crippen molar-refractivity contribution in [1.29, 1.82) is 0 Å². The van der Waals surface area contributed by atoms with Crippen LogP contribution in [0.4, 0.5) is 13.2 Å². The van der Waals surface area contributed by atoms with Crippen molar-refractivity contribution in [3.8, 4) is 0 Å². The number of carbonyl (C=O) groups is 6. The first-order valence-corrected chi connectivity index (χ1v) is 13.7.